The summed E-state index contributed by atoms with van der Waals surface area (Å²) in [5.74, 6) is 1.21. The standard InChI is InChI=1S/C17H25NO2/c1-2-3-4-5-12-20-16-11-7-10-15(13-16)18-17(19)14-8-6-9-14/h7,10-11,13-14H,2-6,8-9,12H2,1H3,(H,18,19). The van der Waals surface area contributed by atoms with Gasteiger partial charge in [-0.25, -0.2) is 0 Å². The molecule has 2 rings (SSSR count). The van der Waals surface area contributed by atoms with Gasteiger partial charge >= 0.3 is 0 Å². The summed E-state index contributed by atoms with van der Waals surface area (Å²) >= 11 is 0. The number of benzene rings is 1. The van der Waals surface area contributed by atoms with Crippen LogP contribution in [-0.2, 0) is 4.79 Å². The summed E-state index contributed by atoms with van der Waals surface area (Å²) in [6.45, 7) is 2.95. The summed E-state index contributed by atoms with van der Waals surface area (Å²) in [4.78, 5) is 11.9. The Kier molecular flexibility index (Phi) is 5.90. The quantitative estimate of drug-likeness (QED) is 0.715. The molecule has 110 valence electrons. The molecule has 20 heavy (non-hydrogen) atoms. The monoisotopic (exact) mass is 275 g/mol. The number of rotatable bonds is 8. The lowest BCUT2D eigenvalue weighted by atomic mass is 9.85. The highest BCUT2D eigenvalue weighted by Crippen LogP contribution is 2.28. The van der Waals surface area contributed by atoms with E-state index in [9.17, 15) is 4.79 Å². The molecule has 1 aliphatic carbocycles. The first-order valence-electron chi connectivity index (χ1n) is 7.83. The van der Waals surface area contributed by atoms with Gasteiger partial charge in [0.1, 0.15) is 5.75 Å². The number of ether oxygens (including phenoxy) is 1. The van der Waals surface area contributed by atoms with Crippen molar-refractivity contribution in [1.29, 1.82) is 0 Å². The van der Waals surface area contributed by atoms with E-state index in [1.807, 2.05) is 24.3 Å². The van der Waals surface area contributed by atoms with Gasteiger partial charge in [0, 0.05) is 17.7 Å². The predicted octanol–water partition coefficient (Wildman–Crippen LogP) is 4.38. The Morgan fingerprint density at radius 1 is 1.30 bits per heavy atom. The van der Waals surface area contributed by atoms with Crippen molar-refractivity contribution in [2.75, 3.05) is 11.9 Å². The maximum atomic E-state index is 11.9. The molecule has 1 N–H and O–H groups in total. The number of amides is 1. The topological polar surface area (TPSA) is 38.3 Å². The lowest BCUT2D eigenvalue weighted by Crippen LogP contribution is -2.27. The molecule has 1 aliphatic rings. The maximum absolute atomic E-state index is 11.9. The van der Waals surface area contributed by atoms with E-state index in [1.54, 1.807) is 0 Å². The van der Waals surface area contributed by atoms with Crippen LogP contribution in [0, 0.1) is 5.92 Å². The van der Waals surface area contributed by atoms with Crippen molar-refractivity contribution in [3.8, 4) is 5.75 Å². The highest BCUT2D eigenvalue weighted by atomic mass is 16.5. The van der Waals surface area contributed by atoms with E-state index in [4.69, 9.17) is 4.74 Å². The largest absolute Gasteiger partial charge is 0.494 e. The smallest absolute Gasteiger partial charge is 0.227 e. The fraction of sp³-hybridized carbons (Fsp3) is 0.588. The van der Waals surface area contributed by atoms with Gasteiger partial charge in [0.25, 0.3) is 0 Å². The van der Waals surface area contributed by atoms with Gasteiger partial charge in [0.05, 0.1) is 6.61 Å². The first kappa shape index (κ1) is 14.9. The van der Waals surface area contributed by atoms with Crippen LogP contribution in [0.2, 0.25) is 0 Å². The van der Waals surface area contributed by atoms with Crippen molar-refractivity contribution < 1.29 is 9.53 Å². The summed E-state index contributed by atoms with van der Waals surface area (Å²) in [6.07, 6.45) is 8.04. The van der Waals surface area contributed by atoms with Crippen LogP contribution in [0.15, 0.2) is 24.3 Å². The molecule has 0 spiro atoms. The Labute approximate surface area is 121 Å². The molecule has 0 bridgehead atoms. The summed E-state index contributed by atoms with van der Waals surface area (Å²) in [5, 5.41) is 2.98. The molecule has 1 saturated carbocycles. The number of carbonyl (C=O) groups excluding carboxylic acids is 1. The van der Waals surface area contributed by atoms with Gasteiger partial charge in [-0.1, -0.05) is 38.7 Å². The summed E-state index contributed by atoms with van der Waals surface area (Å²) in [6, 6.07) is 7.70. The van der Waals surface area contributed by atoms with Crippen LogP contribution in [0.3, 0.4) is 0 Å². The van der Waals surface area contributed by atoms with Crippen molar-refractivity contribution in [2.24, 2.45) is 5.92 Å². The molecule has 0 unspecified atom stereocenters. The van der Waals surface area contributed by atoms with Crippen molar-refractivity contribution in [3.05, 3.63) is 24.3 Å². The molecule has 0 radical (unpaired) electrons. The van der Waals surface area contributed by atoms with Crippen LogP contribution in [0.25, 0.3) is 0 Å². The fourth-order valence-corrected chi connectivity index (χ4v) is 2.30. The zero-order valence-corrected chi connectivity index (χ0v) is 12.4. The minimum Gasteiger partial charge on any atom is -0.494 e. The number of carbonyl (C=O) groups is 1. The molecule has 0 atom stereocenters. The molecule has 1 aromatic rings. The maximum Gasteiger partial charge on any atom is 0.227 e. The molecule has 3 heteroatoms. The molecule has 0 aliphatic heterocycles. The fourth-order valence-electron chi connectivity index (χ4n) is 2.30. The SMILES string of the molecule is CCCCCCOc1cccc(NC(=O)C2CCC2)c1. The van der Waals surface area contributed by atoms with Crippen molar-refractivity contribution in [1.82, 2.24) is 0 Å². The number of unbranched alkanes of at least 4 members (excludes halogenated alkanes) is 3. The van der Waals surface area contributed by atoms with Crippen LogP contribution in [-0.4, -0.2) is 12.5 Å². The second-order valence-electron chi connectivity index (χ2n) is 5.55. The van der Waals surface area contributed by atoms with Gasteiger partial charge in [-0.3, -0.25) is 4.79 Å². The highest BCUT2D eigenvalue weighted by Gasteiger charge is 2.25. The summed E-state index contributed by atoms with van der Waals surface area (Å²) < 4.78 is 5.72. The van der Waals surface area contributed by atoms with Gasteiger partial charge < -0.3 is 10.1 Å². The molecular weight excluding hydrogens is 250 g/mol. The van der Waals surface area contributed by atoms with Crippen molar-refractivity contribution in [3.63, 3.8) is 0 Å². The van der Waals surface area contributed by atoms with Gasteiger partial charge in [-0.05, 0) is 31.4 Å². The Morgan fingerprint density at radius 3 is 2.85 bits per heavy atom. The van der Waals surface area contributed by atoms with E-state index in [-0.39, 0.29) is 11.8 Å². The average Bonchev–Trinajstić information content (AvgIpc) is 2.37. The molecule has 0 heterocycles. The Bertz CT molecular complexity index is 427. The molecule has 1 fully saturated rings. The molecule has 1 amide bonds. The minimum atomic E-state index is 0.149. The van der Waals surface area contributed by atoms with Gasteiger partial charge in [0.15, 0.2) is 0 Å². The van der Waals surface area contributed by atoms with Gasteiger partial charge in [-0.15, -0.1) is 0 Å². The zero-order valence-electron chi connectivity index (χ0n) is 12.4. The van der Waals surface area contributed by atoms with E-state index in [1.165, 1.54) is 25.7 Å². The Hall–Kier alpha value is -1.51. The van der Waals surface area contributed by atoms with E-state index in [0.29, 0.717) is 0 Å². The van der Waals surface area contributed by atoms with Crippen LogP contribution in [0.5, 0.6) is 5.75 Å². The zero-order chi connectivity index (χ0) is 14.2. The van der Waals surface area contributed by atoms with Crippen LogP contribution in [0.1, 0.15) is 51.9 Å². The van der Waals surface area contributed by atoms with E-state index >= 15 is 0 Å². The molecule has 3 nitrogen and oxygen atoms in total. The first-order valence-corrected chi connectivity index (χ1v) is 7.83. The van der Waals surface area contributed by atoms with Crippen LogP contribution >= 0.6 is 0 Å². The van der Waals surface area contributed by atoms with Gasteiger partial charge in [-0.2, -0.15) is 0 Å². The Morgan fingerprint density at radius 2 is 2.15 bits per heavy atom. The number of hydrogen-bond donors (Lipinski definition) is 1. The van der Waals surface area contributed by atoms with E-state index in [2.05, 4.69) is 12.2 Å². The lowest BCUT2D eigenvalue weighted by Gasteiger charge is -2.24. The third-order valence-corrected chi connectivity index (χ3v) is 3.84. The van der Waals surface area contributed by atoms with E-state index < -0.39 is 0 Å². The molecule has 0 saturated heterocycles. The highest BCUT2D eigenvalue weighted by molar-refractivity contribution is 5.93. The van der Waals surface area contributed by atoms with Crippen LogP contribution < -0.4 is 10.1 Å². The normalized spacial score (nSPS) is 14.7. The van der Waals surface area contributed by atoms with Crippen LogP contribution in [0.4, 0.5) is 5.69 Å². The molecular formula is C17H25NO2. The number of nitrogens with one attached hydrogen (secondary N) is 1. The second-order valence-corrected chi connectivity index (χ2v) is 5.55. The molecule has 1 aromatic carbocycles. The number of hydrogen-bond acceptors (Lipinski definition) is 2. The van der Waals surface area contributed by atoms with Crippen molar-refractivity contribution >= 4 is 11.6 Å². The Balaban J connectivity index is 1.76. The lowest BCUT2D eigenvalue weighted by molar-refractivity contribution is -0.122. The number of anilines is 1. The summed E-state index contributed by atoms with van der Waals surface area (Å²) in [7, 11) is 0. The second kappa shape index (κ2) is 7.93. The van der Waals surface area contributed by atoms with Gasteiger partial charge in [0.2, 0.25) is 5.91 Å². The average molecular weight is 275 g/mol. The third-order valence-electron chi connectivity index (χ3n) is 3.84. The van der Waals surface area contributed by atoms with Crippen molar-refractivity contribution in [2.45, 2.75) is 51.9 Å². The van der Waals surface area contributed by atoms with E-state index in [0.717, 1.165) is 37.3 Å². The molecule has 0 aromatic heterocycles. The minimum absolute atomic E-state index is 0.149. The predicted molar refractivity (Wildman–Crippen MR) is 82.0 cm³/mol. The summed E-state index contributed by atoms with van der Waals surface area (Å²) in [5.41, 5.74) is 0.841. The third kappa shape index (κ3) is 4.55. The first-order chi connectivity index (χ1) is 9.79.